The Morgan fingerprint density at radius 2 is 2.33 bits per heavy atom. The number of ketones is 1. The SMILES string of the molecule is CCN1CCC2(CCCC2=O)C1. The fourth-order valence-corrected chi connectivity index (χ4v) is 2.65. The Bertz CT molecular complexity index is 202. The van der Waals surface area contributed by atoms with Crippen LogP contribution in [0.4, 0.5) is 0 Å². The Morgan fingerprint density at radius 3 is 2.83 bits per heavy atom. The summed E-state index contributed by atoms with van der Waals surface area (Å²) in [5.41, 5.74) is 0.107. The second-order valence-corrected chi connectivity index (χ2v) is 4.18. The predicted octanol–water partition coefficient (Wildman–Crippen LogP) is 1.45. The smallest absolute Gasteiger partial charge is 0.140 e. The lowest BCUT2D eigenvalue weighted by atomic mass is 9.85. The van der Waals surface area contributed by atoms with Gasteiger partial charge in [0.2, 0.25) is 0 Å². The molecule has 0 aromatic rings. The first kappa shape index (κ1) is 8.24. The minimum Gasteiger partial charge on any atom is -0.303 e. The summed E-state index contributed by atoms with van der Waals surface area (Å²) in [7, 11) is 0. The van der Waals surface area contributed by atoms with Crippen LogP contribution in [0.2, 0.25) is 0 Å². The molecule has 0 aromatic carbocycles. The lowest BCUT2D eigenvalue weighted by Gasteiger charge is -2.21. The maximum atomic E-state index is 11.6. The van der Waals surface area contributed by atoms with Crippen LogP contribution in [0.3, 0.4) is 0 Å². The molecule has 1 aliphatic carbocycles. The Labute approximate surface area is 73.9 Å². The first-order chi connectivity index (χ1) is 5.77. The van der Waals surface area contributed by atoms with Crippen molar-refractivity contribution in [1.29, 1.82) is 0 Å². The van der Waals surface area contributed by atoms with Gasteiger partial charge >= 0.3 is 0 Å². The summed E-state index contributed by atoms with van der Waals surface area (Å²) in [6.07, 6.45) is 4.26. The molecule has 1 heterocycles. The van der Waals surface area contributed by atoms with Crippen LogP contribution in [0.25, 0.3) is 0 Å². The fourth-order valence-electron chi connectivity index (χ4n) is 2.65. The van der Waals surface area contributed by atoms with Crippen LogP contribution in [-0.4, -0.2) is 30.3 Å². The van der Waals surface area contributed by atoms with Crippen molar-refractivity contribution in [3.05, 3.63) is 0 Å². The highest BCUT2D eigenvalue weighted by Crippen LogP contribution is 2.42. The molecule has 2 rings (SSSR count). The number of Topliss-reactive ketones (excluding diaryl/α,β-unsaturated/α-hetero) is 1. The molecular formula is C10H17NO. The van der Waals surface area contributed by atoms with Crippen LogP contribution in [-0.2, 0) is 4.79 Å². The highest BCUT2D eigenvalue weighted by Gasteiger charge is 2.46. The summed E-state index contributed by atoms with van der Waals surface area (Å²) in [4.78, 5) is 14.0. The molecular weight excluding hydrogens is 150 g/mol. The van der Waals surface area contributed by atoms with Crippen molar-refractivity contribution in [2.24, 2.45) is 5.41 Å². The van der Waals surface area contributed by atoms with Crippen LogP contribution in [0.15, 0.2) is 0 Å². The maximum absolute atomic E-state index is 11.6. The number of rotatable bonds is 1. The van der Waals surface area contributed by atoms with E-state index in [1.807, 2.05) is 0 Å². The molecule has 2 nitrogen and oxygen atoms in total. The van der Waals surface area contributed by atoms with E-state index in [-0.39, 0.29) is 5.41 Å². The molecule has 2 heteroatoms. The highest BCUT2D eigenvalue weighted by atomic mass is 16.1. The van der Waals surface area contributed by atoms with Gasteiger partial charge in [-0.15, -0.1) is 0 Å². The molecule has 1 aliphatic heterocycles. The molecule has 0 aromatic heterocycles. The third-order valence-corrected chi connectivity index (χ3v) is 3.53. The van der Waals surface area contributed by atoms with E-state index < -0.39 is 0 Å². The number of nitrogens with zero attached hydrogens (tertiary/aromatic N) is 1. The minimum atomic E-state index is 0.107. The van der Waals surface area contributed by atoms with E-state index in [4.69, 9.17) is 0 Å². The lowest BCUT2D eigenvalue weighted by molar-refractivity contribution is -0.125. The van der Waals surface area contributed by atoms with Gasteiger partial charge in [-0.2, -0.15) is 0 Å². The van der Waals surface area contributed by atoms with Crippen LogP contribution in [0, 0.1) is 5.41 Å². The molecule has 1 saturated carbocycles. The van der Waals surface area contributed by atoms with Gasteiger partial charge in [0.1, 0.15) is 5.78 Å². The van der Waals surface area contributed by atoms with Crippen molar-refractivity contribution < 1.29 is 4.79 Å². The van der Waals surface area contributed by atoms with Crippen molar-refractivity contribution in [3.8, 4) is 0 Å². The van der Waals surface area contributed by atoms with E-state index in [9.17, 15) is 4.79 Å². The molecule has 1 spiro atoms. The second kappa shape index (κ2) is 2.84. The summed E-state index contributed by atoms with van der Waals surface area (Å²) >= 11 is 0. The average molecular weight is 167 g/mol. The molecule has 0 amide bonds. The molecule has 12 heavy (non-hydrogen) atoms. The van der Waals surface area contributed by atoms with Crippen molar-refractivity contribution >= 4 is 5.78 Å². The maximum Gasteiger partial charge on any atom is 0.140 e. The molecule has 2 fully saturated rings. The zero-order valence-electron chi connectivity index (χ0n) is 7.81. The summed E-state index contributed by atoms with van der Waals surface area (Å²) in [5, 5.41) is 0. The summed E-state index contributed by atoms with van der Waals surface area (Å²) in [6.45, 7) is 5.47. The van der Waals surface area contributed by atoms with Crippen molar-refractivity contribution in [2.45, 2.75) is 32.6 Å². The Kier molecular flexibility index (Phi) is 1.95. The van der Waals surface area contributed by atoms with E-state index in [1.54, 1.807) is 0 Å². The largest absolute Gasteiger partial charge is 0.303 e. The van der Waals surface area contributed by atoms with Gasteiger partial charge in [0, 0.05) is 18.4 Å². The molecule has 68 valence electrons. The number of carbonyl (C=O) groups is 1. The molecule has 0 bridgehead atoms. The summed E-state index contributed by atoms with van der Waals surface area (Å²) in [5.74, 6) is 0.540. The number of carbonyl (C=O) groups excluding carboxylic acids is 1. The average Bonchev–Trinajstić information content (AvgIpc) is 2.63. The van der Waals surface area contributed by atoms with Crippen LogP contribution >= 0.6 is 0 Å². The molecule has 1 saturated heterocycles. The second-order valence-electron chi connectivity index (χ2n) is 4.18. The molecule has 1 unspecified atom stereocenters. The predicted molar refractivity (Wildman–Crippen MR) is 48.0 cm³/mol. The minimum absolute atomic E-state index is 0.107. The quantitative estimate of drug-likeness (QED) is 0.589. The van der Waals surface area contributed by atoms with Crippen LogP contribution in [0.1, 0.15) is 32.6 Å². The van der Waals surface area contributed by atoms with Crippen LogP contribution < -0.4 is 0 Å². The third kappa shape index (κ3) is 1.09. The first-order valence-corrected chi connectivity index (χ1v) is 5.02. The van der Waals surface area contributed by atoms with Crippen molar-refractivity contribution in [2.75, 3.05) is 19.6 Å². The van der Waals surface area contributed by atoms with Gasteiger partial charge in [-0.3, -0.25) is 4.79 Å². The van der Waals surface area contributed by atoms with Gasteiger partial charge in [0.15, 0.2) is 0 Å². The Morgan fingerprint density at radius 1 is 1.50 bits per heavy atom. The van der Waals surface area contributed by atoms with E-state index in [0.717, 1.165) is 45.3 Å². The molecule has 2 aliphatic rings. The van der Waals surface area contributed by atoms with E-state index in [2.05, 4.69) is 11.8 Å². The van der Waals surface area contributed by atoms with Gasteiger partial charge in [-0.05, 0) is 32.4 Å². The lowest BCUT2D eigenvalue weighted by Crippen LogP contribution is -2.30. The first-order valence-electron chi connectivity index (χ1n) is 5.02. The monoisotopic (exact) mass is 167 g/mol. The third-order valence-electron chi connectivity index (χ3n) is 3.53. The standard InChI is InChI=1S/C10H17NO/c1-2-11-7-6-10(8-11)5-3-4-9(10)12/h2-8H2,1H3. The Balaban J connectivity index is 2.08. The van der Waals surface area contributed by atoms with Gasteiger partial charge in [-0.25, -0.2) is 0 Å². The zero-order chi connectivity index (χ0) is 8.60. The van der Waals surface area contributed by atoms with E-state index >= 15 is 0 Å². The topological polar surface area (TPSA) is 20.3 Å². The van der Waals surface area contributed by atoms with E-state index in [0.29, 0.717) is 5.78 Å². The van der Waals surface area contributed by atoms with Crippen LogP contribution in [0.5, 0.6) is 0 Å². The van der Waals surface area contributed by atoms with Crippen molar-refractivity contribution in [3.63, 3.8) is 0 Å². The molecule has 1 atom stereocenters. The van der Waals surface area contributed by atoms with Gasteiger partial charge in [0.05, 0.1) is 0 Å². The fraction of sp³-hybridized carbons (Fsp3) is 0.900. The molecule has 0 N–H and O–H groups in total. The summed E-state index contributed by atoms with van der Waals surface area (Å²) < 4.78 is 0. The number of hydrogen-bond donors (Lipinski definition) is 0. The van der Waals surface area contributed by atoms with Gasteiger partial charge in [0.25, 0.3) is 0 Å². The van der Waals surface area contributed by atoms with Gasteiger partial charge < -0.3 is 4.90 Å². The highest BCUT2D eigenvalue weighted by molar-refractivity contribution is 5.87. The van der Waals surface area contributed by atoms with Gasteiger partial charge in [-0.1, -0.05) is 6.92 Å². The van der Waals surface area contributed by atoms with E-state index in [1.165, 1.54) is 0 Å². The van der Waals surface area contributed by atoms with Crippen molar-refractivity contribution in [1.82, 2.24) is 4.90 Å². The summed E-state index contributed by atoms with van der Waals surface area (Å²) in [6, 6.07) is 0. The normalized spacial score (nSPS) is 36.9. The molecule has 0 radical (unpaired) electrons. The Hall–Kier alpha value is -0.370. The number of hydrogen-bond acceptors (Lipinski definition) is 2. The zero-order valence-corrected chi connectivity index (χ0v) is 7.81. The number of likely N-dealkylation sites (tertiary alicyclic amines) is 1.